The Bertz CT molecular complexity index is 269. The molecule has 0 radical (unpaired) electrons. The van der Waals surface area contributed by atoms with Gasteiger partial charge in [0.25, 0.3) is 5.92 Å². The number of nitrogens with zero attached hydrogens (tertiary/aromatic N) is 1. The van der Waals surface area contributed by atoms with Gasteiger partial charge in [-0.25, -0.2) is 8.78 Å². The van der Waals surface area contributed by atoms with E-state index in [4.69, 9.17) is 0 Å². The maximum Gasteiger partial charge on any atom is 0.252 e. The standard InChI is InChI=1S/C8H9F2NO2/c9-8(10)2-5(3-8)11-4-6(12)1-7(11)13/h5H,1-4H2. The lowest BCUT2D eigenvalue weighted by Gasteiger charge is -2.40. The molecule has 2 aliphatic rings. The quantitative estimate of drug-likeness (QED) is 0.566. The predicted octanol–water partition coefficient (Wildman–Crippen LogP) is 0.586. The summed E-state index contributed by atoms with van der Waals surface area (Å²) in [5, 5.41) is 0. The van der Waals surface area contributed by atoms with E-state index in [1.54, 1.807) is 0 Å². The van der Waals surface area contributed by atoms with Crippen LogP contribution < -0.4 is 0 Å². The molecule has 0 aromatic heterocycles. The average molecular weight is 189 g/mol. The second kappa shape index (κ2) is 2.49. The van der Waals surface area contributed by atoms with Crippen LogP contribution in [-0.2, 0) is 9.59 Å². The maximum atomic E-state index is 12.4. The van der Waals surface area contributed by atoms with E-state index in [-0.39, 0.29) is 37.5 Å². The van der Waals surface area contributed by atoms with Crippen LogP contribution in [0.15, 0.2) is 0 Å². The van der Waals surface area contributed by atoms with Crippen LogP contribution in [0.2, 0.25) is 0 Å². The zero-order chi connectivity index (χ0) is 9.64. The molecule has 1 amide bonds. The zero-order valence-electron chi connectivity index (χ0n) is 6.93. The van der Waals surface area contributed by atoms with Gasteiger partial charge < -0.3 is 4.90 Å². The lowest BCUT2D eigenvalue weighted by molar-refractivity contribution is -0.148. The molecule has 0 N–H and O–H groups in total. The molecule has 0 aromatic carbocycles. The van der Waals surface area contributed by atoms with Crippen molar-refractivity contribution in [1.82, 2.24) is 4.90 Å². The van der Waals surface area contributed by atoms with E-state index in [1.165, 1.54) is 4.90 Å². The summed E-state index contributed by atoms with van der Waals surface area (Å²) in [4.78, 5) is 23.2. The van der Waals surface area contributed by atoms with Crippen molar-refractivity contribution in [1.29, 1.82) is 0 Å². The number of carbonyl (C=O) groups excluding carboxylic acids is 2. The summed E-state index contributed by atoms with van der Waals surface area (Å²) in [7, 11) is 0. The topological polar surface area (TPSA) is 37.4 Å². The fraction of sp³-hybridized carbons (Fsp3) is 0.750. The van der Waals surface area contributed by atoms with Crippen LogP contribution in [0.5, 0.6) is 0 Å². The van der Waals surface area contributed by atoms with E-state index in [0.717, 1.165) is 0 Å². The molecule has 0 aromatic rings. The first-order valence-electron chi connectivity index (χ1n) is 4.17. The summed E-state index contributed by atoms with van der Waals surface area (Å²) < 4.78 is 24.9. The number of alkyl halides is 2. The number of hydrogen-bond donors (Lipinski definition) is 0. The van der Waals surface area contributed by atoms with Gasteiger partial charge in [-0.05, 0) is 0 Å². The number of carbonyl (C=O) groups is 2. The molecule has 2 rings (SSSR count). The van der Waals surface area contributed by atoms with Crippen molar-refractivity contribution in [3.8, 4) is 0 Å². The smallest absolute Gasteiger partial charge is 0.252 e. The number of rotatable bonds is 1. The van der Waals surface area contributed by atoms with Crippen LogP contribution in [0.4, 0.5) is 8.78 Å². The highest BCUT2D eigenvalue weighted by atomic mass is 19.3. The number of Topliss-reactive ketones (excluding diaryl/α,β-unsaturated/α-hetero) is 1. The van der Waals surface area contributed by atoms with Gasteiger partial charge >= 0.3 is 0 Å². The van der Waals surface area contributed by atoms with E-state index in [9.17, 15) is 18.4 Å². The third-order valence-corrected chi connectivity index (χ3v) is 2.52. The predicted molar refractivity (Wildman–Crippen MR) is 39.3 cm³/mol. The Morgan fingerprint density at radius 3 is 2.31 bits per heavy atom. The van der Waals surface area contributed by atoms with Gasteiger partial charge in [-0.3, -0.25) is 9.59 Å². The van der Waals surface area contributed by atoms with Gasteiger partial charge in [0.2, 0.25) is 5.91 Å². The fourth-order valence-corrected chi connectivity index (χ4v) is 1.79. The van der Waals surface area contributed by atoms with Gasteiger partial charge in [-0.15, -0.1) is 0 Å². The highest BCUT2D eigenvalue weighted by molar-refractivity contribution is 6.05. The summed E-state index contributed by atoms with van der Waals surface area (Å²) in [6.45, 7) is 0.0274. The first kappa shape index (κ1) is 8.59. The van der Waals surface area contributed by atoms with E-state index >= 15 is 0 Å². The minimum Gasteiger partial charge on any atom is -0.332 e. The molecule has 13 heavy (non-hydrogen) atoms. The number of ketones is 1. The van der Waals surface area contributed by atoms with Crippen LogP contribution in [0.1, 0.15) is 19.3 Å². The molecule has 2 fully saturated rings. The van der Waals surface area contributed by atoms with Gasteiger partial charge in [0.15, 0.2) is 5.78 Å². The summed E-state index contributed by atoms with van der Waals surface area (Å²) in [5.41, 5.74) is 0. The summed E-state index contributed by atoms with van der Waals surface area (Å²) >= 11 is 0. The lowest BCUT2D eigenvalue weighted by atomic mass is 9.87. The summed E-state index contributed by atoms with van der Waals surface area (Å²) in [6.07, 6.45) is -0.680. The highest BCUT2D eigenvalue weighted by Crippen LogP contribution is 2.41. The molecule has 1 saturated carbocycles. The van der Waals surface area contributed by atoms with E-state index in [1.807, 2.05) is 0 Å². The molecular formula is C8H9F2NO2. The fourth-order valence-electron chi connectivity index (χ4n) is 1.79. The van der Waals surface area contributed by atoms with Crippen molar-refractivity contribution in [2.24, 2.45) is 0 Å². The Hall–Kier alpha value is -1.00. The van der Waals surface area contributed by atoms with Crippen LogP contribution in [0, 0.1) is 0 Å². The van der Waals surface area contributed by atoms with E-state index < -0.39 is 12.0 Å². The second-order valence-electron chi connectivity index (χ2n) is 3.66. The first-order valence-corrected chi connectivity index (χ1v) is 4.17. The summed E-state index contributed by atoms with van der Waals surface area (Å²) in [6, 6.07) is -0.408. The number of hydrogen-bond acceptors (Lipinski definition) is 2. The van der Waals surface area contributed by atoms with E-state index in [0.29, 0.717) is 0 Å². The zero-order valence-corrected chi connectivity index (χ0v) is 6.93. The lowest BCUT2D eigenvalue weighted by Crippen LogP contribution is -2.51. The molecule has 0 bridgehead atoms. The minimum absolute atomic E-state index is 0.0274. The van der Waals surface area contributed by atoms with E-state index in [2.05, 4.69) is 0 Å². The van der Waals surface area contributed by atoms with Crippen LogP contribution >= 0.6 is 0 Å². The molecule has 1 heterocycles. The Morgan fingerprint density at radius 1 is 1.31 bits per heavy atom. The van der Waals surface area contributed by atoms with Crippen molar-refractivity contribution in [2.45, 2.75) is 31.2 Å². The first-order chi connectivity index (χ1) is 5.98. The molecule has 5 heteroatoms. The van der Waals surface area contributed by atoms with Crippen molar-refractivity contribution in [2.75, 3.05) is 6.54 Å². The van der Waals surface area contributed by atoms with Crippen LogP contribution in [0.25, 0.3) is 0 Å². The molecule has 1 saturated heterocycles. The third-order valence-electron chi connectivity index (χ3n) is 2.52. The molecule has 1 aliphatic carbocycles. The number of amides is 1. The highest BCUT2D eigenvalue weighted by Gasteiger charge is 2.50. The Labute approximate surface area is 73.7 Å². The van der Waals surface area contributed by atoms with Crippen LogP contribution in [0.3, 0.4) is 0 Å². The van der Waals surface area contributed by atoms with Crippen molar-refractivity contribution in [3.63, 3.8) is 0 Å². The van der Waals surface area contributed by atoms with Gasteiger partial charge in [-0.1, -0.05) is 0 Å². The maximum absolute atomic E-state index is 12.4. The molecule has 0 spiro atoms. The molecule has 72 valence electrons. The van der Waals surface area contributed by atoms with Crippen LogP contribution in [-0.4, -0.2) is 35.1 Å². The van der Waals surface area contributed by atoms with Gasteiger partial charge in [-0.2, -0.15) is 0 Å². The number of likely N-dealkylation sites (tertiary alicyclic amines) is 1. The summed E-state index contributed by atoms with van der Waals surface area (Å²) in [5.74, 6) is -3.10. The van der Waals surface area contributed by atoms with Gasteiger partial charge in [0.05, 0.1) is 13.0 Å². The van der Waals surface area contributed by atoms with Crippen molar-refractivity contribution >= 4 is 11.7 Å². The normalized spacial score (nSPS) is 28.0. The SMILES string of the molecule is O=C1CC(=O)N(C2CC(F)(F)C2)C1. The second-order valence-corrected chi connectivity index (χ2v) is 3.66. The minimum atomic E-state index is -2.63. The Balaban J connectivity index is 1.97. The largest absolute Gasteiger partial charge is 0.332 e. The third kappa shape index (κ3) is 1.43. The number of halogens is 2. The average Bonchev–Trinajstić information content (AvgIpc) is 2.24. The Morgan fingerprint density at radius 2 is 1.92 bits per heavy atom. The molecule has 3 nitrogen and oxygen atoms in total. The molecule has 0 atom stereocenters. The van der Waals surface area contributed by atoms with Gasteiger partial charge in [0.1, 0.15) is 0 Å². The Kier molecular flexibility index (Phi) is 1.65. The molecule has 1 aliphatic heterocycles. The van der Waals surface area contributed by atoms with Gasteiger partial charge in [0, 0.05) is 18.9 Å². The molecular weight excluding hydrogens is 180 g/mol. The van der Waals surface area contributed by atoms with Crippen molar-refractivity contribution in [3.05, 3.63) is 0 Å². The monoisotopic (exact) mass is 189 g/mol. The molecule has 0 unspecified atom stereocenters. The van der Waals surface area contributed by atoms with Crippen molar-refractivity contribution < 1.29 is 18.4 Å².